The number of carbonyl (C=O) groups excluding carboxylic acids is 1. The Morgan fingerprint density at radius 1 is 1.00 bits per heavy atom. The van der Waals surface area contributed by atoms with Crippen molar-refractivity contribution in [3.63, 3.8) is 0 Å². The highest BCUT2D eigenvalue weighted by Gasteiger charge is 2.43. The predicted octanol–water partition coefficient (Wildman–Crippen LogP) is 4.82. The van der Waals surface area contributed by atoms with Crippen LogP contribution in [0.25, 0.3) is 22.5 Å². The Balaban J connectivity index is 1.46. The summed E-state index contributed by atoms with van der Waals surface area (Å²) in [5, 5.41) is 9.07. The first kappa shape index (κ1) is 24.4. The molecule has 2 atom stereocenters. The number of hydrogen-bond donors (Lipinski definition) is 0. The number of halogens is 4. The molecule has 7 nitrogen and oxygen atoms in total. The molecular weight excluding hydrogens is 493 g/mol. The van der Waals surface area contributed by atoms with Crippen LogP contribution in [0.4, 0.5) is 19.1 Å². The number of amides is 1. The first-order valence-electron chi connectivity index (χ1n) is 11.7. The van der Waals surface area contributed by atoms with Crippen LogP contribution in [0.15, 0.2) is 42.7 Å². The Morgan fingerprint density at radius 3 is 2.25 bits per heavy atom. The molecule has 2 aliphatic rings. The number of alkyl halides is 3. The second kappa shape index (κ2) is 9.31. The van der Waals surface area contributed by atoms with Gasteiger partial charge in [-0.15, -0.1) is 10.2 Å². The van der Waals surface area contributed by atoms with Crippen molar-refractivity contribution in [2.24, 2.45) is 17.8 Å². The standard InChI is InChI=1S/C25H24ClF3N6O/c1-14(2)23(36)34-10-16-12-35(13-17(16)11-34)24-31-22(19-7-8-30-9-20(19)26)21(32-33-24)15-3-5-18(6-4-15)25(27,28)29/h3-9,14,16-17H,10-13H2,1-2H3. The van der Waals surface area contributed by atoms with Crippen LogP contribution in [0, 0.1) is 17.8 Å². The third kappa shape index (κ3) is 4.61. The summed E-state index contributed by atoms with van der Waals surface area (Å²) in [6.07, 6.45) is -1.39. The van der Waals surface area contributed by atoms with Crippen LogP contribution < -0.4 is 4.90 Å². The van der Waals surface area contributed by atoms with Gasteiger partial charge >= 0.3 is 6.18 Å². The molecule has 0 N–H and O–H groups in total. The van der Waals surface area contributed by atoms with E-state index in [1.165, 1.54) is 18.3 Å². The molecule has 4 heterocycles. The molecule has 2 saturated heterocycles. The molecule has 2 aliphatic heterocycles. The van der Waals surface area contributed by atoms with E-state index in [1.807, 2.05) is 18.7 Å². The zero-order valence-corrected chi connectivity index (χ0v) is 20.5. The van der Waals surface area contributed by atoms with Crippen molar-refractivity contribution in [3.8, 4) is 22.5 Å². The first-order chi connectivity index (χ1) is 17.1. The van der Waals surface area contributed by atoms with Crippen LogP contribution in [0.1, 0.15) is 19.4 Å². The third-order valence-corrected chi connectivity index (χ3v) is 7.06. The fraction of sp³-hybridized carbons (Fsp3) is 0.400. The molecule has 188 valence electrons. The van der Waals surface area contributed by atoms with Gasteiger partial charge in [0.2, 0.25) is 11.9 Å². The van der Waals surface area contributed by atoms with Gasteiger partial charge in [0, 0.05) is 67.5 Å². The van der Waals surface area contributed by atoms with Crippen LogP contribution in [-0.4, -0.2) is 57.2 Å². The van der Waals surface area contributed by atoms with E-state index in [0.29, 0.717) is 71.5 Å². The second-order valence-corrected chi connectivity index (χ2v) is 9.97. The van der Waals surface area contributed by atoms with E-state index in [-0.39, 0.29) is 11.8 Å². The van der Waals surface area contributed by atoms with Gasteiger partial charge < -0.3 is 9.80 Å². The number of pyridine rings is 1. The second-order valence-electron chi connectivity index (χ2n) is 9.56. The molecule has 0 bridgehead atoms. The van der Waals surface area contributed by atoms with Crippen LogP contribution in [0.5, 0.6) is 0 Å². The monoisotopic (exact) mass is 516 g/mol. The third-order valence-electron chi connectivity index (χ3n) is 6.76. The molecule has 2 unspecified atom stereocenters. The normalized spacial score (nSPS) is 19.8. The van der Waals surface area contributed by atoms with Gasteiger partial charge in [0.25, 0.3) is 0 Å². The fourth-order valence-corrected chi connectivity index (χ4v) is 5.13. The number of hydrogen-bond acceptors (Lipinski definition) is 6. The molecule has 2 fully saturated rings. The highest BCUT2D eigenvalue weighted by Crippen LogP contribution is 2.38. The molecular formula is C25H24ClF3N6O. The lowest BCUT2D eigenvalue weighted by Gasteiger charge is -2.23. The van der Waals surface area contributed by atoms with Crippen LogP contribution >= 0.6 is 11.6 Å². The maximum Gasteiger partial charge on any atom is 0.416 e. The lowest BCUT2D eigenvalue weighted by molar-refractivity contribution is -0.137. The summed E-state index contributed by atoms with van der Waals surface area (Å²) in [5.41, 5.74) is 1.000. The van der Waals surface area contributed by atoms with Gasteiger partial charge in [-0.1, -0.05) is 37.6 Å². The Bertz CT molecular complexity index is 1270. The van der Waals surface area contributed by atoms with Gasteiger partial charge in [-0.25, -0.2) is 4.98 Å². The summed E-state index contributed by atoms with van der Waals surface area (Å²) in [4.78, 5) is 25.2. The number of rotatable bonds is 4. The molecule has 36 heavy (non-hydrogen) atoms. The van der Waals surface area contributed by atoms with Crippen molar-refractivity contribution >= 4 is 23.5 Å². The summed E-state index contributed by atoms with van der Waals surface area (Å²) < 4.78 is 39.2. The van der Waals surface area contributed by atoms with E-state index in [0.717, 1.165) is 12.1 Å². The number of likely N-dealkylation sites (tertiary alicyclic amines) is 1. The van der Waals surface area contributed by atoms with Crippen molar-refractivity contribution < 1.29 is 18.0 Å². The van der Waals surface area contributed by atoms with Gasteiger partial charge in [-0.05, 0) is 18.2 Å². The van der Waals surface area contributed by atoms with Gasteiger partial charge in [0.05, 0.1) is 10.6 Å². The Hall–Kier alpha value is -3.27. The molecule has 0 saturated carbocycles. The number of benzene rings is 1. The molecule has 5 rings (SSSR count). The van der Waals surface area contributed by atoms with E-state index in [4.69, 9.17) is 16.6 Å². The molecule has 1 aromatic carbocycles. The summed E-state index contributed by atoms with van der Waals surface area (Å²) in [5.74, 6) is 1.20. The number of fused-ring (bicyclic) bond motifs is 1. The minimum Gasteiger partial charge on any atom is -0.342 e. The SMILES string of the molecule is CC(C)C(=O)N1CC2CN(c3nnc(-c4ccc(C(F)(F)F)cc4)c(-c4ccncc4Cl)n3)CC2C1. The number of carbonyl (C=O) groups is 1. The molecule has 1 amide bonds. The van der Waals surface area contributed by atoms with E-state index >= 15 is 0 Å². The van der Waals surface area contributed by atoms with E-state index in [9.17, 15) is 18.0 Å². The Kier molecular flexibility index (Phi) is 6.32. The van der Waals surface area contributed by atoms with Crippen molar-refractivity contribution in [1.29, 1.82) is 0 Å². The molecule has 2 aromatic heterocycles. The minimum atomic E-state index is -4.44. The van der Waals surface area contributed by atoms with Gasteiger partial charge in [0.15, 0.2) is 0 Å². The zero-order valence-electron chi connectivity index (χ0n) is 19.7. The van der Waals surface area contributed by atoms with E-state index in [2.05, 4.69) is 20.1 Å². The van der Waals surface area contributed by atoms with Crippen molar-refractivity contribution in [3.05, 3.63) is 53.3 Å². The van der Waals surface area contributed by atoms with Crippen LogP contribution in [0.3, 0.4) is 0 Å². The van der Waals surface area contributed by atoms with Crippen LogP contribution in [-0.2, 0) is 11.0 Å². The van der Waals surface area contributed by atoms with E-state index in [1.54, 1.807) is 12.3 Å². The molecule has 3 aromatic rings. The van der Waals surface area contributed by atoms with Crippen molar-refractivity contribution in [1.82, 2.24) is 25.1 Å². The summed E-state index contributed by atoms with van der Waals surface area (Å²) in [6.45, 7) is 6.61. The average molecular weight is 517 g/mol. The number of nitrogens with zero attached hydrogens (tertiary/aromatic N) is 6. The average Bonchev–Trinajstić information content (AvgIpc) is 3.43. The number of aromatic nitrogens is 4. The van der Waals surface area contributed by atoms with Crippen molar-refractivity contribution in [2.45, 2.75) is 20.0 Å². The maximum atomic E-state index is 13.1. The zero-order chi connectivity index (χ0) is 25.6. The molecule has 0 spiro atoms. The maximum absolute atomic E-state index is 13.1. The molecule has 0 radical (unpaired) electrons. The van der Waals surface area contributed by atoms with Gasteiger partial charge in [-0.2, -0.15) is 13.2 Å². The summed E-state index contributed by atoms with van der Waals surface area (Å²) in [7, 11) is 0. The van der Waals surface area contributed by atoms with E-state index < -0.39 is 11.7 Å². The minimum absolute atomic E-state index is 0.0297. The Morgan fingerprint density at radius 2 is 1.67 bits per heavy atom. The molecule has 11 heteroatoms. The van der Waals surface area contributed by atoms with Gasteiger partial charge in [0.1, 0.15) is 11.4 Å². The van der Waals surface area contributed by atoms with Crippen LogP contribution in [0.2, 0.25) is 5.02 Å². The Labute approximate surface area is 211 Å². The fourth-order valence-electron chi connectivity index (χ4n) is 4.92. The number of anilines is 1. The quantitative estimate of drug-likeness (QED) is 0.495. The highest BCUT2D eigenvalue weighted by molar-refractivity contribution is 6.33. The van der Waals surface area contributed by atoms with Crippen molar-refractivity contribution in [2.75, 3.05) is 31.1 Å². The lowest BCUT2D eigenvalue weighted by atomic mass is 10.0. The highest BCUT2D eigenvalue weighted by atomic mass is 35.5. The van der Waals surface area contributed by atoms with Gasteiger partial charge in [-0.3, -0.25) is 9.78 Å². The lowest BCUT2D eigenvalue weighted by Crippen LogP contribution is -2.36. The molecule has 0 aliphatic carbocycles. The predicted molar refractivity (Wildman–Crippen MR) is 129 cm³/mol. The topological polar surface area (TPSA) is 75.1 Å². The summed E-state index contributed by atoms with van der Waals surface area (Å²) in [6, 6.07) is 6.42. The smallest absolute Gasteiger partial charge is 0.342 e. The first-order valence-corrected chi connectivity index (χ1v) is 12.1. The largest absolute Gasteiger partial charge is 0.416 e. The summed E-state index contributed by atoms with van der Waals surface area (Å²) >= 11 is 6.41.